The maximum absolute atomic E-state index is 13.9. The van der Waals surface area contributed by atoms with Gasteiger partial charge in [-0.25, -0.2) is 14.2 Å². The Labute approximate surface area is 197 Å². The third kappa shape index (κ3) is 5.15. The second-order valence-corrected chi connectivity index (χ2v) is 7.88. The molecule has 8 nitrogen and oxygen atoms in total. The number of aldehydes is 1. The van der Waals surface area contributed by atoms with Crippen LogP contribution < -0.4 is 16.4 Å². The number of halogens is 4. The first-order chi connectivity index (χ1) is 16.7. The highest BCUT2D eigenvalue weighted by molar-refractivity contribution is 6.08. The molecule has 0 radical (unpaired) electrons. The predicted molar refractivity (Wildman–Crippen MR) is 123 cm³/mol. The fourth-order valence-electron chi connectivity index (χ4n) is 4.00. The lowest BCUT2D eigenvalue weighted by molar-refractivity contribution is -0.137. The van der Waals surface area contributed by atoms with Crippen LogP contribution in [0.5, 0.6) is 0 Å². The Balaban J connectivity index is 1.52. The number of anilines is 2. The molecule has 1 unspecified atom stereocenters. The van der Waals surface area contributed by atoms with Gasteiger partial charge < -0.3 is 21.2 Å². The number of hydrogen-bond acceptors (Lipinski definition) is 6. The van der Waals surface area contributed by atoms with E-state index in [9.17, 15) is 27.2 Å². The van der Waals surface area contributed by atoms with Crippen molar-refractivity contribution in [3.05, 3.63) is 65.1 Å². The summed E-state index contributed by atoms with van der Waals surface area (Å²) in [4.78, 5) is 27.2. The van der Waals surface area contributed by atoms with Crippen molar-refractivity contribution in [2.45, 2.75) is 19.0 Å². The van der Waals surface area contributed by atoms with Crippen LogP contribution >= 0.6 is 0 Å². The van der Waals surface area contributed by atoms with Crippen molar-refractivity contribution >= 4 is 41.4 Å². The van der Waals surface area contributed by atoms with E-state index in [1.807, 2.05) is 0 Å². The monoisotopic (exact) mass is 488 g/mol. The first-order valence-electron chi connectivity index (χ1n) is 10.5. The Morgan fingerprint density at radius 2 is 1.91 bits per heavy atom. The van der Waals surface area contributed by atoms with Crippen LogP contribution in [0.4, 0.5) is 33.7 Å². The van der Waals surface area contributed by atoms with Crippen LogP contribution in [0.15, 0.2) is 58.3 Å². The van der Waals surface area contributed by atoms with Crippen molar-refractivity contribution in [2.75, 3.05) is 17.2 Å². The van der Waals surface area contributed by atoms with Gasteiger partial charge in [-0.3, -0.25) is 5.01 Å². The summed E-state index contributed by atoms with van der Waals surface area (Å²) in [5, 5.41) is 10.5. The quantitative estimate of drug-likeness (QED) is 0.413. The number of alkyl halides is 3. The number of benzene rings is 2. The van der Waals surface area contributed by atoms with E-state index in [4.69, 9.17) is 5.73 Å². The highest BCUT2D eigenvalue weighted by Crippen LogP contribution is 2.39. The highest BCUT2D eigenvalue weighted by atomic mass is 19.4. The number of amides is 2. The van der Waals surface area contributed by atoms with E-state index in [1.165, 1.54) is 6.34 Å². The summed E-state index contributed by atoms with van der Waals surface area (Å²) in [5.74, 6) is -0.725. The van der Waals surface area contributed by atoms with Crippen molar-refractivity contribution in [2.24, 2.45) is 21.7 Å². The number of fused-ring (bicyclic) bond motifs is 1. The SMILES string of the molecule is NC1=NC=NN2CC(CCC=O)C(c3ccc(NC(=O)Nc4cc(C(F)(F)F)ccc4F)cc3)=C12. The number of rotatable bonds is 6. The normalized spacial score (nSPS) is 17.2. The summed E-state index contributed by atoms with van der Waals surface area (Å²) in [7, 11) is 0. The molecular formula is C23H20F4N6O2. The lowest BCUT2D eigenvalue weighted by atomic mass is 9.90. The van der Waals surface area contributed by atoms with E-state index in [0.717, 1.165) is 17.4 Å². The molecule has 1 atom stereocenters. The van der Waals surface area contributed by atoms with Crippen LogP contribution in [0.3, 0.4) is 0 Å². The summed E-state index contributed by atoms with van der Waals surface area (Å²) in [6, 6.07) is 7.47. The zero-order chi connectivity index (χ0) is 25.2. The van der Waals surface area contributed by atoms with Gasteiger partial charge in [0.1, 0.15) is 24.1 Å². The van der Waals surface area contributed by atoms with E-state index >= 15 is 0 Å². The molecule has 4 rings (SSSR count). The number of urea groups is 1. The maximum atomic E-state index is 13.9. The minimum atomic E-state index is -4.68. The Morgan fingerprint density at radius 3 is 2.60 bits per heavy atom. The van der Waals surface area contributed by atoms with Crippen molar-refractivity contribution in [1.82, 2.24) is 5.01 Å². The standard InChI is InChI=1S/C23H20F4N6O2/c24-17-8-5-15(23(25,26)27)10-18(17)32-22(35)31-16-6-3-13(4-7-16)19-14(2-1-9-34)11-33-20(19)21(28)29-12-30-33/h3-10,12,14H,1-2,11H2,(H2,28,29,30)(H2,31,32,35). The molecule has 0 aromatic heterocycles. The maximum Gasteiger partial charge on any atom is 0.416 e. The van der Waals surface area contributed by atoms with E-state index in [2.05, 4.69) is 20.7 Å². The smallest absolute Gasteiger partial charge is 0.382 e. The molecule has 2 aromatic carbocycles. The van der Waals surface area contributed by atoms with E-state index in [0.29, 0.717) is 54.8 Å². The van der Waals surface area contributed by atoms with Gasteiger partial charge in [0, 0.05) is 24.6 Å². The largest absolute Gasteiger partial charge is 0.416 e. The topological polar surface area (TPSA) is 112 Å². The molecular weight excluding hydrogens is 468 g/mol. The Bertz CT molecular complexity index is 1240. The van der Waals surface area contributed by atoms with Gasteiger partial charge in [-0.1, -0.05) is 12.1 Å². The van der Waals surface area contributed by atoms with Gasteiger partial charge in [-0.05, 0) is 47.9 Å². The number of aliphatic imine (C=N–C) groups is 1. The summed E-state index contributed by atoms with van der Waals surface area (Å²) in [6.07, 6.45) is -1.52. The molecule has 0 fully saturated rings. The van der Waals surface area contributed by atoms with Gasteiger partial charge in [0.25, 0.3) is 0 Å². The molecule has 35 heavy (non-hydrogen) atoms. The minimum Gasteiger partial charge on any atom is -0.382 e. The van der Waals surface area contributed by atoms with Gasteiger partial charge in [0.15, 0.2) is 5.84 Å². The Kier molecular flexibility index (Phi) is 6.54. The number of carbonyl (C=O) groups is 2. The molecule has 0 saturated heterocycles. The fourth-order valence-corrected chi connectivity index (χ4v) is 4.00. The Morgan fingerprint density at radius 1 is 1.17 bits per heavy atom. The summed E-state index contributed by atoms with van der Waals surface area (Å²) < 4.78 is 52.5. The van der Waals surface area contributed by atoms with Crippen molar-refractivity contribution in [1.29, 1.82) is 0 Å². The highest BCUT2D eigenvalue weighted by Gasteiger charge is 2.35. The lowest BCUT2D eigenvalue weighted by Gasteiger charge is -2.18. The van der Waals surface area contributed by atoms with E-state index < -0.39 is 29.3 Å². The van der Waals surface area contributed by atoms with E-state index in [-0.39, 0.29) is 5.92 Å². The minimum absolute atomic E-state index is 0.0230. The summed E-state index contributed by atoms with van der Waals surface area (Å²) in [5.41, 5.74) is 7.02. The molecule has 12 heteroatoms. The fraction of sp³-hybridized carbons (Fsp3) is 0.217. The first kappa shape index (κ1) is 23.9. The van der Waals surface area contributed by atoms with Gasteiger partial charge in [0.05, 0.1) is 11.3 Å². The van der Waals surface area contributed by atoms with Crippen LogP contribution in [0.2, 0.25) is 0 Å². The molecule has 0 spiro atoms. The Hall–Kier alpha value is -4.22. The van der Waals surface area contributed by atoms with Crippen molar-refractivity contribution in [3.63, 3.8) is 0 Å². The molecule has 0 aliphatic carbocycles. The molecule has 2 heterocycles. The van der Waals surface area contributed by atoms with Gasteiger partial charge in [0.2, 0.25) is 0 Å². The second kappa shape index (κ2) is 9.57. The molecule has 0 bridgehead atoms. The van der Waals surface area contributed by atoms with Crippen LogP contribution in [0.1, 0.15) is 24.0 Å². The number of hydrogen-bond donors (Lipinski definition) is 3. The zero-order valence-electron chi connectivity index (χ0n) is 18.1. The molecule has 2 amide bonds. The number of nitrogens with zero attached hydrogens (tertiary/aromatic N) is 3. The third-order valence-corrected chi connectivity index (χ3v) is 5.57. The summed E-state index contributed by atoms with van der Waals surface area (Å²) in [6.45, 7) is 0.538. The number of nitrogens with two attached hydrogens (primary N) is 1. The van der Waals surface area contributed by atoms with Gasteiger partial charge in [-0.15, -0.1) is 0 Å². The van der Waals surface area contributed by atoms with E-state index in [1.54, 1.807) is 29.3 Å². The molecule has 2 aliphatic heterocycles. The first-order valence-corrected chi connectivity index (χ1v) is 10.5. The molecule has 4 N–H and O–H groups in total. The van der Waals surface area contributed by atoms with Crippen molar-refractivity contribution < 1.29 is 27.2 Å². The second-order valence-electron chi connectivity index (χ2n) is 7.88. The van der Waals surface area contributed by atoms with Crippen molar-refractivity contribution in [3.8, 4) is 0 Å². The van der Waals surface area contributed by atoms with Crippen LogP contribution in [-0.2, 0) is 11.0 Å². The average Bonchev–Trinajstić information content (AvgIpc) is 3.18. The molecule has 0 saturated carbocycles. The zero-order valence-corrected chi connectivity index (χ0v) is 18.1. The van der Waals surface area contributed by atoms with Crippen LogP contribution in [0, 0.1) is 11.7 Å². The molecule has 2 aliphatic rings. The number of carbonyl (C=O) groups excluding carboxylic acids is 2. The average molecular weight is 488 g/mol. The molecule has 2 aromatic rings. The number of hydrazone groups is 1. The number of amidine groups is 1. The van der Waals surface area contributed by atoms with Crippen LogP contribution in [-0.4, -0.2) is 36.0 Å². The third-order valence-electron chi connectivity index (χ3n) is 5.57. The van der Waals surface area contributed by atoms with Crippen LogP contribution in [0.25, 0.3) is 5.57 Å². The number of nitrogens with one attached hydrogen (secondary N) is 2. The lowest BCUT2D eigenvalue weighted by Crippen LogP contribution is -2.28. The van der Waals surface area contributed by atoms with Gasteiger partial charge >= 0.3 is 12.2 Å². The predicted octanol–water partition coefficient (Wildman–Crippen LogP) is 4.42. The summed E-state index contributed by atoms with van der Waals surface area (Å²) >= 11 is 0. The molecule has 182 valence electrons. The van der Waals surface area contributed by atoms with Gasteiger partial charge in [-0.2, -0.15) is 18.3 Å².